The molecule has 0 aliphatic carbocycles. The molecular weight excluding hydrogens is 531 g/mol. The third kappa shape index (κ3) is 5.38. The number of hydrogen-bond donors (Lipinski definition) is 1. The molecule has 0 radical (unpaired) electrons. The van der Waals surface area contributed by atoms with Crippen molar-refractivity contribution in [2.75, 3.05) is 4.72 Å². The van der Waals surface area contributed by atoms with Crippen LogP contribution in [-0.2, 0) is 28.6 Å². The summed E-state index contributed by atoms with van der Waals surface area (Å²) in [7, 11) is -4.93. The quantitative estimate of drug-likeness (QED) is 0.427. The topological polar surface area (TPSA) is 76.9 Å². The van der Waals surface area contributed by atoms with E-state index in [-0.39, 0.29) is 18.2 Å². The van der Waals surface area contributed by atoms with E-state index >= 15 is 0 Å². The fourth-order valence-corrected chi connectivity index (χ4v) is 4.01. The highest BCUT2D eigenvalue weighted by atomic mass is 35.5. The maximum Gasteiger partial charge on any atom is 0.417 e. The molecule has 3 aromatic rings. The Morgan fingerprint density at radius 1 is 0.794 bits per heavy atom. The molecule has 0 saturated carbocycles. The molecule has 0 saturated heterocycles. The molecule has 1 aromatic carbocycles. The van der Waals surface area contributed by atoms with Crippen LogP contribution >= 0.6 is 11.6 Å². The number of nitrogens with zero attached hydrogens (tertiary/aromatic N) is 3. The molecule has 2 heterocycles. The number of benzene rings is 1. The minimum absolute atomic E-state index is 0.136. The Labute approximate surface area is 189 Å². The van der Waals surface area contributed by atoms with Gasteiger partial charge in [0.2, 0.25) is 0 Å². The van der Waals surface area contributed by atoms with Crippen LogP contribution in [0.3, 0.4) is 0 Å². The van der Waals surface area contributed by atoms with Gasteiger partial charge in [-0.3, -0.25) is 9.29 Å². The number of nitrogens with one attached hydrogen (secondary N) is 1. The third-order valence-electron chi connectivity index (χ3n) is 4.10. The lowest BCUT2D eigenvalue weighted by Crippen LogP contribution is -2.19. The van der Waals surface area contributed by atoms with Crippen molar-refractivity contribution in [1.82, 2.24) is 14.5 Å². The van der Waals surface area contributed by atoms with Crippen molar-refractivity contribution < 1.29 is 47.9 Å². The lowest BCUT2D eigenvalue weighted by Gasteiger charge is -2.16. The number of imidazole rings is 1. The zero-order valence-corrected chi connectivity index (χ0v) is 17.5. The van der Waals surface area contributed by atoms with Gasteiger partial charge >= 0.3 is 18.5 Å². The van der Waals surface area contributed by atoms with E-state index in [0.29, 0.717) is 23.0 Å². The first-order valence-electron chi connectivity index (χ1n) is 8.47. The van der Waals surface area contributed by atoms with E-state index in [9.17, 15) is 47.9 Å². The number of pyridine rings is 1. The zero-order chi connectivity index (χ0) is 25.7. The lowest BCUT2D eigenvalue weighted by molar-refractivity contribution is -0.143. The molecular formula is C17H8ClF9N4O2S. The molecule has 1 N–H and O–H groups in total. The fourth-order valence-electron chi connectivity index (χ4n) is 2.63. The number of halogens is 10. The first-order chi connectivity index (χ1) is 15.4. The van der Waals surface area contributed by atoms with Gasteiger partial charge in [0.05, 0.1) is 33.6 Å². The average Bonchev–Trinajstić information content (AvgIpc) is 3.16. The number of alkyl halides is 9. The van der Waals surface area contributed by atoms with E-state index in [4.69, 9.17) is 11.6 Å². The summed E-state index contributed by atoms with van der Waals surface area (Å²) >= 11 is 5.77. The smallest absolute Gasteiger partial charge is 0.278 e. The van der Waals surface area contributed by atoms with Crippen molar-refractivity contribution >= 4 is 27.3 Å². The minimum Gasteiger partial charge on any atom is -0.278 e. The number of sulfonamides is 1. The molecule has 17 heteroatoms. The maximum atomic E-state index is 13.0. The van der Waals surface area contributed by atoms with Gasteiger partial charge in [0.15, 0.2) is 10.8 Å². The summed E-state index contributed by atoms with van der Waals surface area (Å²) in [6, 6.07) is 0.512. The number of rotatable bonds is 4. The fraction of sp³-hybridized carbons (Fsp3) is 0.176. The van der Waals surface area contributed by atoms with E-state index in [1.165, 1.54) is 0 Å². The van der Waals surface area contributed by atoms with Crippen molar-refractivity contribution in [3.8, 4) is 5.82 Å². The molecule has 0 amide bonds. The summed E-state index contributed by atoms with van der Waals surface area (Å²) in [6.45, 7) is 0. The first kappa shape index (κ1) is 25.6. The average molecular weight is 539 g/mol. The van der Waals surface area contributed by atoms with Crippen molar-refractivity contribution in [3.63, 3.8) is 0 Å². The SMILES string of the molecule is O=S(=O)(Nc1cc(C(F)(F)F)cc(C(F)(F)F)c1)c1cncn1-c1ncc(C(F)(F)F)cc1Cl. The highest BCUT2D eigenvalue weighted by Crippen LogP contribution is 2.38. The van der Waals surface area contributed by atoms with Crippen LogP contribution in [0.15, 0.2) is 48.0 Å². The predicted octanol–water partition coefficient (Wildman–Crippen LogP) is 5.78. The molecule has 0 fully saturated rings. The standard InChI is InChI=1S/C17H8ClF9N4O2S/c18-12-4-10(17(25,26)27)5-29-14(12)31-7-28-6-13(31)34(32,33)30-11-2-8(15(19,20)21)1-9(3-11)16(22,23)24/h1-7,30H. The van der Waals surface area contributed by atoms with Gasteiger partial charge < -0.3 is 0 Å². The number of anilines is 1. The van der Waals surface area contributed by atoms with E-state index in [1.807, 2.05) is 0 Å². The van der Waals surface area contributed by atoms with Crippen LogP contribution < -0.4 is 4.72 Å². The number of hydrogen-bond acceptors (Lipinski definition) is 4. The molecule has 0 unspecified atom stereocenters. The van der Waals surface area contributed by atoms with Gasteiger partial charge in [0.25, 0.3) is 10.0 Å². The molecule has 2 aromatic heterocycles. The van der Waals surface area contributed by atoms with Gasteiger partial charge in [-0.25, -0.2) is 9.97 Å². The van der Waals surface area contributed by atoms with Gasteiger partial charge in [-0.1, -0.05) is 11.6 Å². The van der Waals surface area contributed by atoms with Crippen molar-refractivity contribution in [2.45, 2.75) is 23.6 Å². The highest BCUT2D eigenvalue weighted by Gasteiger charge is 2.38. The first-order valence-corrected chi connectivity index (χ1v) is 10.3. The number of aromatic nitrogens is 3. The Hall–Kier alpha value is -3.01. The summed E-state index contributed by atoms with van der Waals surface area (Å²) in [4.78, 5) is 6.94. The van der Waals surface area contributed by atoms with Crippen LogP contribution in [0, 0.1) is 0 Å². The molecule has 6 nitrogen and oxygen atoms in total. The van der Waals surface area contributed by atoms with E-state index < -0.39 is 66.8 Å². The summed E-state index contributed by atoms with van der Waals surface area (Å²) in [6.07, 6.45) is -13.5. The largest absolute Gasteiger partial charge is 0.417 e. The maximum absolute atomic E-state index is 13.0. The van der Waals surface area contributed by atoms with Gasteiger partial charge in [-0.2, -0.15) is 47.9 Å². The Morgan fingerprint density at radius 2 is 1.32 bits per heavy atom. The summed E-state index contributed by atoms with van der Waals surface area (Å²) in [5, 5.41) is -1.55. The van der Waals surface area contributed by atoms with E-state index in [0.717, 1.165) is 6.33 Å². The van der Waals surface area contributed by atoms with Gasteiger partial charge in [-0.05, 0) is 24.3 Å². The summed E-state index contributed by atoms with van der Waals surface area (Å²) in [5.41, 5.74) is -5.89. The Kier molecular flexibility index (Phi) is 6.28. The summed E-state index contributed by atoms with van der Waals surface area (Å²) in [5.74, 6) is -0.549. The highest BCUT2D eigenvalue weighted by molar-refractivity contribution is 7.92. The monoisotopic (exact) mass is 538 g/mol. The molecule has 34 heavy (non-hydrogen) atoms. The Bertz CT molecular complexity index is 1300. The van der Waals surface area contributed by atoms with Crippen molar-refractivity contribution in [2.24, 2.45) is 0 Å². The van der Waals surface area contributed by atoms with Crippen molar-refractivity contribution in [3.05, 3.63) is 64.7 Å². The normalized spacial score (nSPS) is 13.2. The van der Waals surface area contributed by atoms with E-state index in [1.54, 1.807) is 4.72 Å². The van der Waals surface area contributed by atoms with Crippen molar-refractivity contribution in [1.29, 1.82) is 0 Å². The van der Waals surface area contributed by atoms with Crippen LogP contribution in [0.25, 0.3) is 5.82 Å². The third-order valence-corrected chi connectivity index (χ3v) is 5.73. The van der Waals surface area contributed by atoms with Crippen LogP contribution in [0.4, 0.5) is 45.2 Å². The van der Waals surface area contributed by atoms with Gasteiger partial charge in [-0.15, -0.1) is 0 Å². The lowest BCUT2D eigenvalue weighted by atomic mass is 10.1. The minimum atomic E-state index is -5.24. The molecule has 0 aliphatic rings. The van der Waals surface area contributed by atoms with E-state index in [2.05, 4.69) is 9.97 Å². The second kappa shape index (κ2) is 8.33. The Morgan fingerprint density at radius 3 is 1.79 bits per heavy atom. The summed E-state index contributed by atoms with van der Waals surface area (Å²) < 4.78 is 144. The molecule has 0 aliphatic heterocycles. The van der Waals surface area contributed by atoms with Gasteiger partial charge in [0.1, 0.15) is 6.33 Å². The molecule has 0 spiro atoms. The molecule has 0 bridgehead atoms. The van der Waals surface area contributed by atoms with Gasteiger partial charge in [0, 0.05) is 6.20 Å². The van der Waals surface area contributed by atoms with Crippen LogP contribution in [0.2, 0.25) is 5.02 Å². The molecule has 3 rings (SSSR count). The molecule has 0 atom stereocenters. The molecule has 184 valence electrons. The zero-order valence-electron chi connectivity index (χ0n) is 15.9. The Balaban J connectivity index is 2.06. The predicted molar refractivity (Wildman–Crippen MR) is 98.6 cm³/mol. The second-order valence-corrected chi connectivity index (χ2v) is 8.57. The second-order valence-electron chi connectivity index (χ2n) is 6.53. The van der Waals surface area contributed by atoms with Crippen LogP contribution in [-0.4, -0.2) is 23.0 Å². The van der Waals surface area contributed by atoms with Crippen LogP contribution in [0.1, 0.15) is 16.7 Å². The van der Waals surface area contributed by atoms with Crippen LogP contribution in [0.5, 0.6) is 0 Å².